The van der Waals surface area contributed by atoms with Crippen LogP contribution < -0.4 is 5.32 Å². The first-order valence-electron chi connectivity index (χ1n) is 8.72. The highest BCUT2D eigenvalue weighted by Crippen LogP contribution is 2.28. The Labute approximate surface area is 182 Å². The highest BCUT2D eigenvalue weighted by Gasteiger charge is 2.40. The molecule has 0 aromatic heterocycles. The van der Waals surface area contributed by atoms with E-state index < -0.39 is 22.1 Å². The number of aliphatic hydroxyl groups is 1. The van der Waals surface area contributed by atoms with Gasteiger partial charge >= 0.3 is 0 Å². The number of sulfonamides is 1. The SMILES string of the molecule is O=C(N[C@H](CO)Cc1ccccc1)[C@H]1CSCN1S(=O)(=O)c1ccc(I)cc1. The number of amides is 1. The number of halogens is 1. The summed E-state index contributed by atoms with van der Waals surface area (Å²) >= 11 is 3.52. The van der Waals surface area contributed by atoms with Crippen molar-refractivity contribution in [2.45, 2.75) is 23.4 Å². The summed E-state index contributed by atoms with van der Waals surface area (Å²) in [6, 6.07) is 14.9. The van der Waals surface area contributed by atoms with Crippen molar-refractivity contribution in [1.82, 2.24) is 9.62 Å². The summed E-state index contributed by atoms with van der Waals surface area (Å²) in [5, 5.41) is 12.5. The third-order valence-electron chi connectivity index (χ3n) is 4.46. The van der Waals surface area contributed by atoms with Crippen molar-refractivity contribution in [3.8, 4) is 0 Å². The van der Waals surface area contributed by atoms with Crippen LogP contribution in [0, 0.1) is 3.57 Å². The average Bonchev–Trinajstić information content (AvgIpc) is 3.19. The number of rotatable bonds is 7. The Morgan fingerprint density at radius 1 is 1.21 bits per heavy atom. The minimum Gasteiger partial charge on any atom is -0.394 e. The summed E-state index contributed by atoms with van der Waals surface area (Å²) in [5.41, 5.74) is 0.992. The lowest BCUT2D eigenvalue weighted by atomic mass is 10.1. The Bertz CT molecular complexity index is 907. The van der Waals surface area contributed by atoms with Gasteiger partial charge in [-0.3, -0.25) is 4.79 Å². The molecular formula is C19H21IN2O4S2. The van der Waals surface area contributed by atoms with Gasteiger partial charge in [0.2, 0.25) is 15.9 Å². The fraction of sp³-hybridized carbons (Fsp3) is 0.316. The van der Waals surface area contributed by atoms with E-state index in [2.05, 4.69) is 27.9 Å². The van der Waals surface area contributed by atoms with E-state index in [1.807, 2.05) is 30.3 Å². The van der Waals surface area contributed by atoms with Crippen LogP contribution in [0.1, 0.15) is 5.56 Å². The molecule has 1 saturated heterocycles. The summed E-state index contributed by atoms with van der Waals surface area (Å²) < 4.78 is 28.2. The number of carbonyl (C=O) groups is 1. The second kappa shape index (κ2) is 9.57. The molecule has 0 aliphatic carbocycles. The van der Waals surface area contributed by atoms with E-state index in [1.54, 1.807) is 24.3 Å². The second-order valence-corrected chi connectivity index (χ2v) is 10.6. The number of nitrogens with zero attached hydrogens (tertiary/aromatic N) is 1. The number of aliphatic hydroxyl groups excluding tert-OH is 1. The van der Waals surface area contributed by atoms with Crippen molar-refractivity contribution in [2.75, 3.05) is 18.2 Å². The lowest BCUT2D eigenvalue weighted by molar-refractivity contribution is -0.124. The van der Waals surface area contributed by atoms with Crippen molar-refractivity contribution in [2.24, 2.45) is 0 Å². The van der Waals surface area contributed by atoms with E-state index in [1.165, 1.54) is 16.1 Å². The molecule has 150 valence electrons. The molecule has 1 aliphatic heterocycles. The molecule has 1 aliphatic rings. The third-order valence-corrected chi connectivity index (χ3v) is 8.22. The number of hydrogen-bond acceptors (Lipinski definition) is 5. The quantitative estimate of drug-likeness (QED) is 0.534. The average molecular weight is 532 g/mol. The fourth-order valence-corrected chi connectivity index (χ4v) is 6.48. The number of hydrogen-bond donors (Lipinski definition) is 2. The Morgan fingerprint density at radius 2 is 1.89 bits per heavy atom. The number of carbonyl (C=O) groups excluding carboxylic acids is 1. The van der Waals surface area contributed by atoms with Gasteiger partial charge in [-0.05, 0) is 58.8 Å². The molecule has 1 amide bonds. The molecule has 2 aromatic rings. The van der Waals surface area contributed by atoms with Crippen molar-refractivity contribution in [3.05, 3.63) is 63.7 Å². The van der Waals surface area contributed by atoms with E-state index >= 15 is 0 Å². The van der Waals surface area contributed by atoms with Gasteiger partial charge in [0, 0.05) is 9.32 Å². The third kappa shape index (κ3) is 5.07. The van der Waals surface area contributed by atoms with Crippen LogP contribution in [0.4, 0.5) is 0 Å². The van der Waals surface area contributed by atoms with E-state index in [4.69, 9.17) is 0 Å². The molecule has 3 rings (SSSR count). The maximum atomic E-state index is 13.0. The molecule has 2 aromatic carbocycles. The summed E-state index contributed by atoms with van der Waals surface area (Å²) in [4.78, 5) is 13.0. The zero-order valence-electron chi connectivity index (χ0n) is 15.0. The van der Waals surface area contributed by atoms with Crippen molar-refractivity contribution in [3.63, 3.8) is 0 Å². The standard InChI is InChI=1S/C19H21IN2O4S2/c20-15-6-8-17(9-7-15)28(25,26)22-13-27-12-18(22)19(24)21-16(11-23)10-14-4-2-1-3-5-14/h1-9,16,18,23H,10-13H2,(H,21,24)/t16-,18+/m0/s1. The summed E-state index contributed by atoms with van der Waals surface area (Å²) in [5.74, 6) is 0.238. The highest BCUT2D eigenvalue weighted by atomic mass is 127. The van der Waals surface area contributed by atoms with Crippen LogP contribution in [0.15, 0.2) is 59.5 Å². The van der Waals surface area contributed by atoms with Gasteiger partial charge < -0.3 is 10.4 Å². The Kier molecular flexibility index (Phi) is 7.37. The van der Waals surface area contributed by atoms with Gasteiger partial charge in [0.1, 0.15) is 6.04 Å². The molecule has 0 spiro atoms. The lowest BCUT2D eigenvalue weighted by Crippen LogP contribution is -2.51. The molecule has 28 heavy (non-hydrogen) atoms. The minimum absolute atomic E-state index is 0.177. The largest absolute Gasteiger partial charge is 0.394 e. The smallest absolute Gasteiger partial charge is 0.244 e. The summed E-state index contributed by atoms with van der Waals surface area (Å²) in [6.45, 7) is -0.218. The molecule has 0 radical (unpaired) electrons. The number of benzene rings is 2. The van der Waals surface area contributed by atoms with E-state index in [-0.39, 0.29) is 23.3 Å². The first-order chi connectivity index (χ1) is 13.4. The topological polar surface area (TPSA) is 86.7 Å². The molecule has 0 bridgehead atoms. The first kappa shape index (κ1) is 21.6. The van der Waals surface area contributed by atoms with Gasteiger partial charge in [-0.15, -0.1) is 11.8 Å². The molecule has 0 saturated carbocycles. The van der Waals surface area contributed by atoms with Crippen molar-refractivity contribution < 1.29 is 18.3 Å². The Hall–Kier alpha value is -1.14. The van der Waals surface area contributed by atoms with Crippen LogP contribution >= 0.6 is 34.4 Å². The Morgan fingerprint density at radius 3 is 2.54 bits per heavy atom. The summed E-state index contributed by atoms with van der Waals surface area (Å²) in [6.07, 6.45) is 0.479. The molecule has 9 heteroatoms. The van der Waals surface area contributed by atoms with Crippen molar-refractivity contribution >= 4 is 50.3 Å². The molecule has 2 atom stereocenters. The Balaban J connectivity index is 1.72. The molecule has 2 N–H and O–H groups in total. The number of thioether (sulfide) groups is 1. The van der Waals surface area contributed by atoms with Crippen LogP contribution in [-0.4, -0.2) is 54.1 Å². The zero-order valence-corrected chi connectivity index (χ0v) is 18.8. The predicted molar refractivity (Wildman–Crippen MR) is 118 cm³/mol. The van der Waals surface area contributed by atoms with E-state index in [0.29, 0.717) is 12.2 Å². The van der Waals surface area contributed by atoms with Gasteiger partial charge in [-0.1, -0.05) is 30.3 Å². The van der Waals surface area contributed by atoms with Gasteiger partial charge in [0.05, 0.1) is 23.4 Å². The molecule has 0 unspecified atom stereocenters. The highest BCUT2D eigenvalue weighted by molar-refractivity contribution is 14.1. The number of nitrogens with one attached hydrogen (secondary N) is 1. The maximum Gasteiger partial charge on any atom is 0.244 e. The van der Waals surface area contributed by atoms with Crippen LogP contribution in [0.3, 0.4) is 0 Å². The van der Waals surface area contributed by atoms with Crippen LogP contribution in [0.25, 0.3) is 0 Å². The zero-order chi connectivity index (χ0) is 20.1. The van der Waals surface area contributed by atoms with Gasteiger partial charge in [-0.25, -0.2) is 8.42 Å². The van der Waals surface area contributed by atoms with Crippen LogP contribution in [0.2, 0.25) is 0 Å². The van der Waals surface area contributed by atoms with Gasteiger partial charge in [-0.2, -0.15) is 4.31 Å². The van der Waals surface area contributed by atoms with Gasteiger partial charge in [0.15, 0.2) is 0 Å². The van der Waals surface area contributed by atoms with Gasteiger partial charge in [0.25, 0.3) is 0 Å². The lowest BCUT2D eigenvalue weighted by Gasteiger charge is -2.25. The minimum atomic E-state index is -3.77. The normalized spacial score (nSPS) is 18.7. The first-order valence-corrected chi connectivity index (χ1v) is 12.4. The van der Waals surface area contributed by atoms with Crippen LogP contribution in [-0.2, 0) is 21.2 Å². The molecule has 1 heterocycles. The van der Waals surface area contributed by atoms with E-state index in [0.717, 1.165) is 9.13 Å². The molecule has 1 fully saturated rings. The maximum absolute atomic E-state index is 13.0. The van der Waals surface area contributed by atoms with Crippen molar-refractivity contribution in [1.29, 1.82) is 0 Å². The predicted octanol–water partition coefficient (Wildman–Crippen LogP) is 2.07. The summed E-state index contributed by atoms with van der Waals surface area (Å²) in [7, 11) is -3.77. The fourth-order valence-electron chi connectivity index (χ4n) is 2.97. The van der Waals surface area contributed by atoms with E-state index in [9.17, 15) is 18.3 Å². The monoisotopic (exact) mass is 532 g/mol. The van der Waals surface area contributed by atoms with Crippen LogP contribution in [0.5, 0.6) is 0 Å². The molecular weight excluding hydrogens is 511 g/mol. The molecule has 6 nitrogen and oxygen atoms in total. The second-order valence-electron chi connectivity index (χ2n) is 6.44.